The Hall–Kier alpha value is -4.99. The van der Waals surface area contributed by atoms with Gasteiger partial charge in [0.05, 0.1) is 5.56 Å². The first kappa shape index (κ1) is 33.9. The van der Waals surface area contributed by atoms with E-state index in [9.17, 15) is 9.59 Å². The number of benzene rings is 3. The highest BCUT2D eigenvalue weighted by molar-refractivity contribution is 5.86. The smallest absolute Gasteiger partial charge is 0.303 e. The van der Waals surface area contributed by atoms with Gasteiger partial charge in [-0.1, -0.05) is 44.5 Å². The van der Waals surface area contributed by atoms with Gasteiger partial charge in [-0.3, -0.25) is 9.59 Å². The number of halogens is 2. The van der Waals surface area contributed by atoms with E-state index in [1.807, 2.05) is 37.4 Å². The number of H-pyrrole nitrogens is 2. The Balaban J connectivity index is 1.43. The van der Waals surface area contributed by atoms with E-state index in [2.05, 4.69) is 35.7 Å². The van der Waals surface area contributed by atoms with Crippen molar-refractivity contribution >= 4 is 22.8 Å². The third kappa shape index (κ3) is 7.23. The van der Waals surface area contributed by atoms with Gasteiger partial charge < -0.3 is 24.7 Å². The van der Waals surface area contributed by atoms with Crippen LogP contribution in [-0.4, -0.2) is 50.4 Å². The fraction of sp³-hybridized carbons (Fsp3) is 0.359. The predicted molar refractivity (Wildman–Crippen MR) is 185 cm³/mol. The molecular formula is C39H42F2N4O4. The second-order valence-corrected chi connectivity index (χ2v) is 14.2. The second-order valence-electron chi connectivity index (χ2n) is 14.2. The predicted octanol–water partition coefficient (Wildman–Crippen LogP) is 8.55. The van der Waals surface area contributed by atoms with Crippen LogP contribution in [-0.2, 0) is 27.8 Å². The van der Waals surface area contributed by atoms with E-state index in [1.54, 1.807) is 17.3 Å². The summed E-state index contributed by atoms with van der Waals surface area (Å²) in [5.41, 5.74) is 3.32. The van der Waals surface area contributed by atoms with Crippen molar-refractivity contribution in [2.45, 2.75) is 71.1 Å². The van der Waals surface area contributed by atoms with E-state index < -0.39 is 23.0 Å². The molecule has 1 aliphatic rings. The molecule has 1 unspecified atom stereocenters. The number of aromatic nitrogens is 3. The molecule has 3 heterocycles. The number of carbonyl (C=O) groups is 2. The molecule has 5 aromatic rings. The Morgan fingerprint density at radius 1 is 1.02 bits per heavy atom. The van der Waals surface area contributed by atoms with Crippen LogP contribution in [0, 0.1) is 17.0 Å². The molecule has 1 aliphatic heterocycles. The molecule has 4 bridgehead atoms. The van der Waals surface area contributed by atoms with Gasteiger partial charge in [-0.05, 0) is 73.4 Å². The molecule has 8 nitrogen and oxygen atoms in total. The first-order valence-electron chi connectivity index (χ1n) is 16.7. The maximum absolute atomic E-state index is 15.6. The number of imidazole rings is 1. The number of hydrogen-bond donors (Lipinski definition) is 3. The number of carbonyl (C=O) groups excluding carboxylic acids is 1. The number of carboxylic acid groups (broad SMARTS) is 1. The SMILES string of the molecule is CN1CC(C)(C)CCCC(C)(c2ccc(CCC(=O)O)cc2)c2cnc([nH]2)-c2cc(ccc2F)Oc2c(F)cc3[nH]ccc3c2CCC1=O. The van der Waals surface area contributed by atoms with Gasteiger partial charge in [0, 0.05) is 72.5 Å². The topological polar surface area (TPSA) is 111 Å². The molecule has 0 aliphatic carbocycles. The van der Waals surface area contributed by atoms with Gasteiger partial charge in [-0.15, -0.1) is 0 Å². The molecule has 1 atom stereocenters. The minimum absolute atomic E-state index is 0.00197. The van der Waals surface area contributed by atoms with Crippen molar-refractivity contribution in [2.24, 2.45) is 5.41 Å². The van der Waals surface area contributed by atoms with Crippen molar-refractivity contribution < 1.29 is 28.2 Å². The van der Waals surface area contributed by atoms with Gasteiger partial charge in [0.15, 0.2) is 11.6 Å². The lowest BCUT2D eigenvalue weighted by Gasteiger charge is -2.34. The van der Waals surface area contributed by atoms with E-state index in [0.29, 0.717) is 29.9 Å². The molecule has 2 aromatic heterocycles. The van der Waals surface area contributed by atoms with Crippen molar-refractivity contribution in [2.75, 3.05) is 13.6 Å². The zero-order valence-corrected chi connectivity index (χ0v) is 28.3. The number of amides is 1. The third-order valence-electron chi connectivity index (χ3n) is 9.88. The summed E-state index contributed by atoms with van der Waals surface area (Å²) < 4.78 is 37.2. The lowest BCUT2D eigenvalue weighted by atomic mass is 9.74. The monoisotopic (exact) mass is 668 g/mol. The minimum atomic E-state index is -0.843. The quantitative estimate of drug-likeness (QED) is 0.178. The Labute approximate surface area is 284 Å². The molecule has 0 saturated heterocycles. The fourth-order valence-electron chi connectivity index (χ4n) is 7.07. The van der Waals surface area contributed by atoms with Crippen LogP contribution in [0.1, 0.15) is 75.3 Å². The summed E-state index contributed by atoms with van der Waals surface area (Å²) in [6.45, 7) is 6.98. The normalized spacial score (nSPS) is 18.7. The van der Waals surface area contributed by atoms with Crippen molar-refractivity contribution in [3.63, 3.8) is 0 Å². The van der Waals surface area contributed by atoms with Crippen LogP contribution in [0.5, 0.6) is 11.5 Å². The van der Waals surface area contributed by atoms with Crippen molar-refractivity contribution in [1.82, 2.24) is 19.9 Å². The number of hydrogen-bond acceptors (Lipinski definition) is 4. The van der Waals surface area contributed by atoms with Gasteiger partial charge in [0.25, 0.3) is 0 Å². The van der Waals surface area contributed by atoms with Crippen molar-refractivity contribution in [3.8, 4) is 22.9 Å². The first-order chi connectivity index (χ1) is 23.3. The first-order valence-corrected chi connectivity index (χ1v) is 16.7. The molecule has 3 aromatic carbocycles. The summed E-state index contributed by atoms with van der Waals surface area (Å²) in [5, 5.41) is 9.89. The summed E-state index contributed by atoms with van der Waals surface area (Å²) in [5.74, 6) is -1.45. The third-order valence-corrected chi connectivity index (χ3v) is 9.88. The van der Waals surface area contributed by atoms with Gasteiger partial charge in [-0.25, -0.2) is 13.8 Å². The van der Waals surface area contributed by atoms with Gasteiger partial charge >= 0.3 is 5.97 Å². The van der Waals surface area contributed by atoms with Crippen LogP contribution in [0.25, 0.3) is 22.3 Å². The van der Waals surface area contributed by atoms with Crippen LogP contribution in [0.4, 0.5) is 8.78 Å². The lowest BCUT2D eigenvalue weighted by Crippen LogP contribution is -2.36. The zero-order valence-electron chi connectivity index (χ0n) is 28.3. The van der Waals surface area contributed by atoms with E-state index in [1.165, 1.54) is 24.3 Å². The van der Waals surface area contributed by atoms with E-state index in [-0.39, 0.29) is 47.6 Å². The Bertz CT molecular complexity index is 2000. The summed E-state index contributed by atoms with van der Waals surface area (Å²) in [4.78, 5) is 37.4. The van der Waals surface area contributed by atoms with Crippen LogP contribution < -0.4 is 4.74 Å². The number of nitrogens with one attached hydrogen (secondary N) is 2. The molecule has 10 heteroatoms. The van der Waals surface area contributed by atoms with Gasteiger partial charge in [0.2, 0.25) is 5.91 Å². The minimum Gasteiger partial charge on any atom is -0.481 e. The number of aryl methyl sites for hydroxylation is 2. The largest absolute Gasteiger partial charge is 0.481 e. The highest BCUT2D eigenvalue weighted by atomic mass is 19.1. The number of aliphatic carboxylic acids is 1. The van der Waals surface area contributed by atoms with Crippen molar-refractivity contribution in [1.29, 1.82) is 0 Å². The number of carboxylic acids is 1. The maximum Gasteiger partial charge on any atom is 0.303 e. The average molecular weight is 669 g/mol. The summed E-state index contributed by atoms with van der Waals surface area (Å²) in [6.07, 6.45) is 6.76. The highest BCUT2D eigenvalue weighted by Crippen LogP contribution is 2.41. The number of ether oxygens (including phenoxy) is 1. The molecular weight excluding hydrogens is 626 g/mol. The highest BCUT2D eigenvalue weighted by Gasteiger charge is 2.33. The van der Waals surface area contributed by atoms with Crippen LogP contribution in [0.15, 0.2) is 67.0 Å². The van der Waals surface area contributed by atoms with Crippen LogP contribution in [0.2, 0.25) is 0 Å². The number of fused-ring (bicyclic) bond motifs is 8. The molecule has 0 radical (unpaired) electrons. The molecule has 6 rings (SSSR count). The Morgan fingerprint density at radius 2 is 1.80 bits per heavy atom. The number of nitrogens with zero attached hydrogens (tertiary/aromatic N) is 2. The molecule has 1 amide bonds. The van der Waals surface area contributed by atoms with Crippen LogP contribution in [0.3, 0.4) is 0 Å². The van der Waals surface area contributed by atoms with Gasteiger partial charge in [-0.2, -0.15) is 0 Å². The molecule has 49 heavy (non-hydrogen) atoms. The molecule has 0 fully saturated rings. The standard InChI is InChI=1S/C39H42F2N4O4/c1-38(2)17-5-18-39(3,25-9-6-24(7-10-25)8-15-35(47)48)33-22-43-37(44-33)29-20-26(11-13-30(29)40)49-36-28(12-14-34(46)45(4)23-38)27-16-19-42-32(27)21-31(36)41/h6-7,9-11,13,16,19-22,42H,5,8,12,14-15,17-18,23H2,1-4H3,(H,43,44)(H,47,48). The summed E-state index contributed by atoms with van der Waals surface area (Å²) in [7, 11) is 1.81. The van der Waals surface area contributed by atoms with E-state index in [0.717, 1.165) is 41.5 Å². The number of aromatic amines is 2. The molecule has 0 saturated carbocycles. The van der Waals surface area contributed by atoms with E-state index >= 15 is 8.78 Å². The zero-order chi connectivity index (χ0) is 34.9. The van der Waals surface area contributed by atoms with E-state index in [4.69, 9.17) is 9.84 Å². The summed E-state index contributed by atoms with van der Waals surface area (Å²) >= 11 is 0. The van der Waals surface area contributed by atoms with Gasteiger partial charge in [0.1, 0.15) is 17.4 Å². The number of rotatable bonds is 4. The maximum atomic E-state index is 15.6. The average Bonchev–Trinajstić information content (AvgIpc) is 3.74. The molecule has 256 valence electrons. The Kier molecular flexibility index (Phi) is 9.33. The molecule has 3 N–H and O–H groups in total. The Morgan fingerprint density at radius 3 is 2.55 bits per heavy atom. The lowest BCUT2D eigenvalue weighted by molar-refractivity contribution is -0.137. The van der Waals surface area contributed by atoms with Crippen molar-refractivity contribution in [3.05, 3.63) is 101 Å². The van der Waals surface area contributed by atoms with Crippen LogP contribution >= 0.6 is 0 Å². The fourth-order valence-corrected chi connectivity index (χ4v) is 7.07. The molecule has 0 spiro atoms. The summed E-state index contributed by atoms with van der Waals surface area (Å²) in [6, 6.07) is 15.4. The second kappa shape index (κ2) is 13.5.